The molecule has 0 fully saturated rings. The van der Waals surface area contributed by atoms with Crippen LogP contribution in [0.4, 0.5) is 0 Å². The molecule has 0 aromatic heterocycles. The summed E-state index contributed by atoms with van der Waals surface area (Å²) in [5.74, 6) is 1.52. The summed E-state index contributed by atoms with van der Waals surface area (Å²) < 4.78 is 15.7. The van der Waals surface area contributed by atoms with Crippen LogP contribution in [0.15, 0.2) is 12.1 Å². The molecule has 4 heteroatoms. The van der Waals surface area contributed by atoms with Crippen molar-refractivity contribution in [3.63, 3.8) is 0 Å². The lowest BCUT2D eigenvalue weighted by Crippen LogP contribution is -2.06. The van der Waals surface area contributed by atoms with Gasteiger partial charge in [-0.25, -0.2) is 0 Å². The molecule has 0 saturated heterocycles. The van der Waals surface area contributed by atoms with E-state index in [1.165, 1.54) is 14.2 Å². The zero-order valence-electron chi connectivity index (χ0n) is 11.4. The molecule has 1 aromatic rings. The normalized spacial score (nSPS) is 10.0. The second-order valence-corrected chi connectivity index (χ2v) is 3.91. The largest absolute Gasteiger partial charge is 0.496 e. The Bertz CT molecular complexity index is 413. The molecule has 0 spiro atoms. The fraction of sp³-hybridized carbons (Fsp3) is 0.500. The number of ether oxygens (including phenoxy) is 3. The predicted octanol–water partition coefficient (Wildman–Crippen LogP) is 3.09. The van der Waals surface area contributed by atoms with E-state index in [-0.39, 0.29) is 5.78 Å². The van der Waals surface area contributed by atoms with Crippen molar-refractivity contribution in [2.45, 2.75) is 26.2 Å². The third-order valence-electron chi connectivity index (χ3n) is 2.76. The first-order valence-corrected chi connectivity index (χ1v) is 6.01. The van der Waals surface area contributed by atoms with E-state index in [1.54, 1.807) is 19.2 Å². The molecule has 0 N–H and O–H groups in total. The van der Waals surface area contributed by atoms with Crippen molar-refractivity contribution >= 4 is 5.78 Å². The van der Waals surface area contributed by atoms with Crippen molar-refractivity contribution in [3.8, 4) is 17.2 Å². The highest BCUT2D eigenvalue weighted by Crippen LogP contribution is 2.38. The lowest BCUT2D eigenvalue weighted by molar-refractivity contribution is 0.0973. The summed E-state index contributed by atoms with van der Waals surface area (Å²) in [6, 6.07) is 3.45. The zero-order chi connectivity index (χ0) is 13.5. The number of rotatable bonds is 7. The van der Waals surface area contributed by atoms with Gasteiger partial charge in [0.1, 0.15) is 11.3 Å². The van der Waals surface area contributed by atoms with Crippen molar-refractivity contribution < 1.29 is 19.0 Å². The molecule has 0 atom stereocenters. The Kier molecular flexibility index (Phi) is 5.49. The molecule has 1 rings (SSSR count). The van der Waals surface area contributed by atoms with Crippen LogP contribution >= 0.6 is 0 Å². The van der Waals surface area contributed by atoms with Gasteiger partial charge in [-0.1, -0.05) is 13.3 Å². The summed E-state index contributed by atoms with van der Waals surface area (Å²) in [5.41, 5.74) is 0.466. The standard InChI is InChI=1S/C14H20O4/c1-5-6-7-10(15)13-11(16-2)8-9-12(17-3)14(13)18-4/h8-9H,5-7H2,1-4H3. The number of ketones is 1. The quantitative estimate of drug-likeness (QED) is 0.699. The topological polar surface area (TPSA) is 44.8 Å². The average molecular weight is 252 g/mol. The van der Waals surface area contributed by atoms with Crippen molar-refractivity contribution in [2.75, 3.05) is 21.3 Å². The van der Waals surface area contributed by atoms with Crippen LogP contribution in [0.3, 0.4) is 0 Å². The minimum absolute atomic E-state index is 0.0180. The second-order valence-electron chi connectivity index (χ2n) is 3.91. The van der Waals surface area contributed by atoms with E-state index in [0.29, 0.717) is 29.2 Å². The number of carbonyl (C=O) groups excluding carboxylic acids is 1. The van der Waals surface area contributed by atoms with Crippen LogP contribution < -0.4 is 14.2 Å². The third kappa shape index (κ3) is 2.94. The van der Waals surface area contributed by atoms with Crippen LogP contribution in [0.25, 0.3) is 0 Å². The summed E-state index contributed by atoms with van der Waals surface area (Å²) in [6.45, 7) is 2.05. The molecule has 0 aliphatic rings. The molecule has 0 radical (unpaired) electrons. The maximum atomic E-state index is 12.2. The first-order chi connectivity index (χ1) is 8.69. The molecule has 0 bridgehead atoms. The smallest absolute Gasteiger partial charge is 0.175 e. The Morgan fingerprint density at radius 1 is 1.06 bits per heavy atom. The van der Waals surface area contributed by atoms with Gasteiger partial charge < -0.3 is 14.2 Å². The fourth-order valence-electron chi connectivity index (χ4n) is 1.81. The molecule has 4 nitrogen and oxygen atoms in total. The molecule has 18 heavy (non-hydrogen) atoms. The van der Waals surface area contributed by atoms with Gasteiger partial charge in [0.15, 0.2) is 17.3 Å². The Hall–Kier alpha value is -1.71. The molecule has 0 aliphatic carbocycles. The van der Waals surface area contributed by atoms with Crippen LogP contribution in [-0.4, -0.2) is 27.1 Å². The van der Waals surface area contributed by atoms with Gasteiger partial charge in [0.05, 0.1) is 21.3 Å². The van der Waals surface area contributed by atoms with E-state index in [1.807, 2.05) is 6.92 Å². The molecule has 1 aromatic carbocycles. The zero-order valence-corrected chi connectivity index (χ0v) is 11.4. The summed E-state index contributed by atoms with van der Waals surface area (Å²) in [6.07, 6.45) is 2.30. The van der Waals surface area contributed by atoms with Gasteiger partial charge in [-0.15, -0.1) is 0 Å². The van der Waals surface area contributed by atoms with E-state index >= 15 is 0 Å². The summed E-state index contributed by atoms with van der Waals surface area (Å²) >= 11 is 0. The van der Waals surface area contributed by atoms with E-state index in [2.05, 4.69) is 0 Å². The van der Waals surface area contributed by atoms with Gasteiger partial charge in [-0.2, -0.15) is 0 Å². The number of hydrogen-bond acceptors (Lipinski definition) is 4. The average Bonchev–Trinajstić information content (AvgIpc) is 2.42. The van der Waals surface area contributed by atoms with Gasteiger partial charge in [0.25, 0.3) is 0 Å². The molecule has 0 heterocycles. The van der Waals surface area contributed by atoms with Crippen LogP contribution in [-0.2, 0) is 0 Å². The number of Topliss-reactive ketones (excluding diaryl/α,β-unsaturated/α-hetero) is 1. The van der Waals surface area contributed by atoms with Crippen LogP contribution in [0.2, 0.25) is 0 Å². The highest BCUT2D eigenvalue weighted by atomic mass is 16.5. The van der Waals surface area contributed by atoms with Gasteiger partial charge in [-0.3, -0.25) is 4.79 Å². The molecule has 0 amide bonds. The minimum Gasteiger partial charge on any atom is -0.496 e. The van der Waals surface area contributed by atoms with E-state index in [0.717, 1.165) is 12.8 Å². The summed E-state index contributed by atoms with van der Waals surface area (Å²) in [5, 5.41) is 0. The predicted molar refractivity (Wildman–Crippen MR) is 70.0 cm³/mol. The number of methoxy groups -OCH3 is 3. The molecular formula is C14H20O4. The Morgan fingerprint density at radius 3 is 2.17 bits per heavy atom. The third-order valence-corrected chi connectivity index (χ3v) is 2.76. The van der Waals surface area contributed by atoms with Crippen molar-refractivity contribution in [1.82, 2.24) is 0 Å². The Balaban J connectivity index is 3.23. The summed E-state index contributed by atoms with van der Waals surface area (Å²) in [7, 11) is 4.61. The first-order valence-electron chi connectivity index (χ1n) is 6.01. The second kappa shape index (κ2) is 6.89. The first kappa shape index (κ1) is 14.4. The van der Waals surface area contributed by atoms with Gasteiger partial charge in [0.2, 0.25) is 0 Å². The molecule has 100 valence electrons. The number of unbranched alkanes of at least 4 members (excludes halogenated alkanes) is 1. The van der Waals surface area contributed by atoms with Gasteiger partial charge in [0, 0.05) is 6.42 Å². The maximum Gasteiger partial charge on any atom is 0.175 e. The SMILES string of the molecule is CCCCC(=O)c1c(OC)ccc(OC)c1OC. The van der Waals surface area contributed by atoms with Gasteiger partial charge in [-0.05, 0) is 18.6 Å². The minimum atomic E-state index is 0.0180. The number of hydrogen-bond donors (Lipinski definition) is 0. The fourth-order valence-corrected chi connectivity index (χ4v) is 1.81. The molecule has 0 unspecified atom stereocenters. The van der Waals surface area contributed by atoms with Crippen LogP contribution in [0.5, 0.6) is 17.2 Å². The van der Waals surface area contributed by atoms with Crippen LogP contribution in [0.1, 0.15) is 36.5 Å². The highest BCUT2D eigenvalue weighted by Gasteiger charge is 2.21. The monoisotopic (exact) mass is 252 g/mol. The Morgan fingerprint density at radius 2 is 1.67 bits per heavy atom. The van der Waals surface area contributed by atoms with E-state index in [4.69, 9.17) is 14.2 Å². The molecule has 0 saturated carbocycles. The van der Waals surface area contributed by atoms with E-state index in [9.17, 15) is 4.79 Å². The molecular weight excluding hydrogens is 232 g/mol. The number of carbonyl (C=O) groups is 1. The molecule has 0 aliphatic heterocycles. The van der Waals surface area contributed by atoms with Gasteiger partial charge >= 0.3 is 0 Å². The summed E-state index contributed by atoms with van der Waals surface area (Å²) in [4.78, 5) is 12.2. The van der Waals surface area contributed by atoms with Crippen molar-refractivity contribution in [2.24, 2.45) is 0 Å². The Labute approximate surface area is 108 Å². The lowest BCUT2D eigenvalue weighted by Gasteiger charge is -2.15. The maximum absolute atomic E-state index is 12.2. The van der Waals surface area contributed by atoms with Crippen molar-refractivity contribution in [1.29, 1.82) is 0 Å². The van der Waals surface area contributed by atoms with E-state index < -0.39 is 0 Å². The van der Waals surface area contributed by atoms with Crippen LogP contribution in [0, 0.1) is 0 Å². The lowest BCUT2D eigenvalue weighted by atomic mass is 10.0. The van der Waals surface area contributed by atoms with Crippen molar-refractivity contribution in [3.05, 3.63) is 17.7 Å². The highest BCUT2D eigenvalue weighted by molar-refractivity contribution is 6.02. The number of benzene rings is 1.